The number of aliphatic hydroxyl groups is 1. The number of hydrogen-bond acceptors (Lipinski definition) is 5. The van der Waals surface area contributed by atoms with Gasteiger partial charge < -0.3 is 14.7 Å². The summed E-state index contributed by atoms with van der Waals surface area (Å²) in [5.41, 5.74) is 0.603. The molecule has 1 heterocycles. The number of rotatable bonds is 1. The maximum absolute atomic E-state index is 10.7. The van der Waals surface area contributed by atoms with Gasteiger partial charge in [-0.2, -0.15) is 5.26 Å². The van der Waals surface area contributed by atoms with Crippen molar-refractivity contribution in [2.45, 2.75) is 31.6 Å². The molecule has 0 bridgehead atoms. The van der Waals surface area contributed by atoms with E-state index in [0.717, 1.165) is 5.56 Å². The van der Waals surface area contributed by atoms with E-state index in [4.69, 9.17) is 22.2 Å². The predicted molar refractivity (Wildman–Crippen MR) is 88.5 cm³/mol. The molecule has 0 saturated carbocycles. The van der Waals surface area contributed by atoms with Crippen molar-refractivity contribution < 1.29 is 9.84 Å². The zero-order valence-corrected chi connectivity index (χ0v) is 14.1. The molecule has 0 fully saturated rings. The number of benzene rings is 1. The van der Waals surface area contributed by atoms with Crippen molar-refractivity contribution in [2.24, 2.45) is 0 Å². The zero-order chi connectivity index (χ0) is 15.8. The molecule has 1 aliphatic heterocycles. The smallest absolute Gasteiger partial charge is 0.136 e. The Labute approximate surface area is 134 Å². The van der Waals surface area contributed by atoms with Gasteiger partial charge in [-0.05, 0) is 38.3 Å². The lowest BCUT2D eigenvalue weighted by Gasteiger charge is -2.45. The Hall–Kier alpha value is -1.29. The van der Waals surface area contributed by atoms with Crippen LogP contribution in [-0.2, 0) is 0 Å². The van der Waals surface area contributed by atoms with Crippen molar-refractivity contribution in [3.63, 3.8) is 0 Å². The maximum atomic E-state index is 10.7. The Kier molecular flexibility index (Phi) is 4.47. The second kappa shape index (κ2) is 5.84. The van der Waals surface area contributed by atoms with E-state index in [1.54, 1.807) is 18.2 Å². The quantitative estimate of drug-likeness (QED) is 0.802. The van der Waals surface area contributed by atoms with Gasteiger partial charge in [0.25, 0.3) is 0 Å². The molecule has 1 aromatic carbocycles. The molecule has 4 nitrogen and oxygen atoms in total. The van der Waals surface area contributed by atoms with Gasteiger partial charge in [0.2, 0.25) is 0 Å². The minimum Gasteiger partial charge on any atom is -0.485 e. The Bertz CT molecular complexity index is 610. The van der Waals surface area contributed by atoms with E-state index in [2.05, 4.69) is 6.07 Å². The van der Waals surface area contributed by atoms with E-state index < -0.39 is 11.7 Å². The molecule has 2 rings (SSSR count). The van der Waals surface area contributed by atoms with Crippen LogP contribution < -0.4 is 4.74 Å². The molecule has 1 aromatic rings. The molecule has 0 amide bonds. The molecule has 0 saturated heterocycles. The average Bonchev–Trinajstić information content (AvgIpc) is 2.46. The van der Waals surface area contributed by atoms with Gasteiger partial charge in [-0.3, -0.25) is 0 Å². The second-order valence-electron chi connectivity index (χ2n) is 5.54. The SMILES string of the molecule is CSC(=S)N(C)C1c2cc(C#N)ccc2OC(C)(C)C1O. The van der Waals surface area contributed by atoms with Gasteiger partial charge in [0, 0.05) is 12.6 Å². The number of aliphatic hydroxyl groups excluding tert-OH is 1. The summed E-state index contributed by atoms with van der Waals surface area (Å²) in [5.74, 6) is 0.685. The summed E-state index contributed by atoms with van der Waals surface area (Å²) in [4.78, 5) is 1.87. The van der Waals surface area contributed by atoms with Crippen LogP contribution in [0.3, 0.4) is 0 Å². The maximum Gasteiger partial charge on any atom is 0.136 e. The van der Waals surface area contributed by atoms with Crippen LogP contribution in [0.15, 0.2) is 18.2 Å². The first-order chi connectivity index (χ1) is 9.81. The predicted octanol–water partition coefficient (Wildman–Crippen LogP) is 2.71. The summed E-state index contributed by atoms with van der Waals surface area (Å²) in [6, 6.07) is 7.05. The Morgan fingerprint density at radius 1 is 1.52 bits per heavy atom. The van der Waals surface area contributed by atoms with Crippen molar-refractivity contribution in [3.8, 4) is 11.8 Å². The van der Waals surface area contributed by atoms with Crippen molar-refractivity contribution in [1.29, 1.82) is 5.26 Å². The third-order valence-corrected chi connectivity index (χ3v) is 5.15. The van der Waals surface area contributed by atoms with Crippen molar-refractivity contribution in [1.82, 2.24) is 4.90 Å². The van der Waals surface area contributed by atoms with Crippen LogP contribution >= 0.6 is 24.0 Å². The van der Waals surface area contributed by atoms with Crippen LogP contribution in [0.1, 0.15) is 31.0 Å². The fraction of sp³-hybridized carbons (Fsp3) is 0.467. The molecule has 6 heteroatoms. The fourth-order valence-electron chi connectivity index (χ4n) is 2.51. The number of nitrogens with zero attached hydrogens (tertiary/aromatic N) is 2. The van der Waals surface area contributed by atoms with Gasteiger partial charge in [0.15, 0.2) is 0 Å². The van der Waals surface area contributed by atoms with E-state index in [-0.39, 0.29) is 6.04 Å². The molecule has 21 heavy (non-hydrogen) atoms. The van der Waals surface area contributed by atoms with Gasteiger partial charge in [0.05, 0.1) is 17.7 Å². The van der Waals surface area contributed by atoms with Gasteiger partial charge in [-0.15, -0.1) is 11.8 Å². The first-order valence-corrected chi connectivity index (χ1v) is 8.17. The number of thioether (sulfide) groups is 1. The van der Waals surface area contributed by atoms with Gasteiger partial charge in [-0.1, -0.05) is 12.2 Å². The van der Waals surface area contributed by atoms with E-state index in [9.17, 15) is 5.11 Å². The Balaban J connectivity index is 2.57. The average molecular weight is 322 g/mol. The topological polar surface area (TPSA) is 56.5 Å². The highest BCUT2D eigenvalue weighted by molar-refractivity contribution is 8.22. The van der Waals surface area contributed by atoms with Gasteiger partial charge >= 0.3 is 0 Å². The lowest BCUT2D eigenvalue weighted by molar-refractivity contribution is -0.0777. The van der Waals surface area contributed by atoms with Crippen molar-refractivity contribution in [2.75, 3.05) is 13.3 Å². The largest absolute Gasteiger partial charge is 0.485 e. The highest BCUT2D eigenvalue weighted by Crippen LogP contribution is 2.43. The summed E-state index contributed by atoms with van der Waals surface area (Å²) in [6.45, 7) is 3.70. The van der Waals surface area contributed by atoms with Crippen LogP contribution in [0, 0.1) is 11.3 Å². The van der Waals surface area contributed by atoms with Crippen LogP contribution in [0.2, 0.25) is 0 Å². The van der Waals surface area contributed by atoms with Crippen LogP contribution in [0.5, 0.6) is 5.75 Å². The van der Waals surface area contributed by atoms with Crippen molar-refractivity contribution >= 4 is 28.3 Å². The third-order valence-electron chi connectivity index (χ3n) is 3.72. The minimum atomic E-state index is -0.756. The number of thiocarbonyl (C=S) groups is 1. The number of ether oxygens (including phenoxy) is 1. The summed E-state index contributed by atoms with van der Waals surface area (Å²) in [5, 5.41) is 19.8. The van der Waals surface area contributed by atoms with Crippen LogP contribution in [0.4, 0.5) is 0 Å². The molecular formula is C15H18N2O2S2. The first kappa shape index (κ1) is 16.1. The van der Waals surface area contributed by atoms with E-state index in [0.29, 0.717) is 15.6 Å². The summed E-state index contributed by atoms with van der Waals surface area (Å²) in [7, 11) is 1.86. The molecule has 112 valence electrons. The van der Waals surface area contributed by atoms with E-state index in [1.165, 1.54) is 11.8 Å². The Morgan fingerprint density at radius 3 is 2.76 bits per heavy atom. The third kappa shape index (κ3) is 2.86. The second-order valence-corrected chi connectivity index (χ2v) is 6.98. The number of likely N-dealkylation sites (N-methyl/N-ethyl adjacent to an activating group) is 1. The molecule has 0 spiro atoms. The number of fused-ring (bicyclic) bond motifs is 1. The normalized spacial score (nSPS) is 22.7. The minimum absolute atomic E-state index is 0.336. The monoisotopic (exact) mass is 322 g/mol. The molecule has 2 unspecified atom stereocenters. The molecule has 0 radical (unpaired) electrons. The highest BCUT2D eigenvalue weighted by Gasteiger charge is 2.45. The van der Waals surface area contributed by atoms with Crippen LogP contribution in [0.25, 0.3) is 0 Å². The summed E-state index contributed by atoms with van der Waals surface area (Å²) in [6.07, 6.45) is 1.15. The van der Waals surface area contributed by atoms with Gasteiger partial charge in [-0.25, -0.2) is 0 Å². The molecule has 0 aliphatic carbocycles. The summed E-state index contributed by atoms with van der Waals surface area (Å²) >= 11 is 6.80. The van der Waals surface area contributed by atoms with E-state index in [1.807, 2.05) is 32.1 Å². The highest BCUT2D eigenvalue weighted by atomic mass is 32.2. The van der Waals surface area contributed by atoms with Crippen molar-refractivity contribution in [3.05, 3.63) is 29.3 Å². The Morgan fingerprint density at radius 2 is 2.19 bits per heavy atom. The lowest BCUT2D eigenvalue weighted by atomic mass is 9.85. The standard InChI is InChI=1S/C15H18N2O2S2/c1-15(2)13(18)12(17(3)14(20)21-4)10-7-9(8-16)5-6-11(10)19-15/h5-7,12-13,18H,1-4H3. The molecule has 1 N–H and O–H groups in total. The zero-order valence-electron chi connectivity index (χ0n) is 12.5. The first-order valence-electron chi connectivity index (χ1n) is 6.53. The van der Waals surface area contributed by atoms with Crippen LogP contribution in [-0.4, -0.2) is 39.3 Å². The fourth-order valence-corrected chi connectivity index (χ4v) is 3.03. The molecule has 0 aromatic heterocycles. The molecule has 2 atom stereocenters. The van der Waals surface area contributed by atoms with Gasteiger partial charge in [0.1, 0.15) is 21.8 Å². The lowest BCUT2D eigenvalue weighted by Crippen LogP contribution is -2.53. The van der Waals surface area contributed by atoms with E-state index >= 15 is 0 Å². The molecule has 1 aliphatic rings. The molecular weight excluding hydrogens is 304 g/mol. The number of hydrogen-bond donors (Lipinski definition) is 1. The summed E-state index contributed by atoms with van der Waals surface area (Å²) < 4.78 is 6.57. The number of nitriles is 1.